The second-order valence-corrected chi connectivity index (χ2v) is 6.62. The van der Waals surface area contributed by atoms with Crippen molar-refractivity contribution in [1.29, 1.82) is 0 Å². The first-order valence-corrected chi connectivity index (χ1v) is 8.84. The summed E-state index contributed by atoms with van der Waals surface area (Å²) in [5.41, 5.74) is 3.43. The summed E-state index contributed by atoms with van der Waals surface area (Å²) >= 11 is 0. The molecule has 9 nitrogen and oxygen atoms in total. The average Bonchev–Trinajstić information content (AvgIpc) is 3.20. The lowest BCUT2D eigenvalue weighted by Gasteiger charge is -2.15. The lowest BCUT2D eigenvalue weighted by molar-refractivity contribution is 1.12. The summed E-state index contributed by atoms with van der Waals surface area (Å²) in [6, 6.07) is 10.8. The van der Waals surface area contributed by atoms with Crippen LogP contribution in [0, 0.1) is 0 Å². The van der Waals surface area contributed by atoms with Gasteiger partial charge in [-0.25, -0.2) is 9.97 Å². The molecule has 3 aromatic carbocycles. The van der Waals surface area contributed by atoms with Crippen LogP contribution in [0.25, 0.3) is 22.1 Å². The average molecular weight is 386 g/mol. The first kappa shape index (κ1) is 16.9. The van der Waals surface area contributed by atoms with Crippen LogP contribution in [0.1, 0.15) is 5.56 Å². The molecule has 5 rings (SSSR count). The van der Waals surface area contributed by atoms with Gasteiger partial charge in [0, 0.05) is 12.2 Å². The fourth-order valence-electron chi connectivity index (χ4n) is 3.22. The summed E-state index contributed by atoms with van der Waals surface area (Å²) in [5.74, 6) is 0. The molecule has 5 aromatic rings. The molecular weight excluding hydrogens is 372 g/mol. The monoisotopic (exact) mass is 386 g/mol. The third-order valence-electron chi connectivity index (χ3n) is 4.71. The van der Waals surface area contributed by atoms with Crippen LogP contribution >= 0.6 is 0 Å². The maximum atomic E-state index is 12.0. The highest BCUT2D eigenvalue weighted by atomic mass is 16.2. The van der Waals surface area contributed by atoms with E-state index in [4.69, 9.17) is 0 Å². The van der Waals surface area contributed by atoms with Crippen LogP contribution < -0.4 is 27.1 Å². The second kappa shape index (κ2) is 6.41. The van der Waals surface area contributed by atoms with Gasteiger partial charge in [0.2, 0.25) is 0 Å². The Morgan fingerprint density at radius 3 is 2.62 bits per heavy atom. The minimum Gasteiger partial charge on any atom is -0.376 e. The largest absolute Gasteiger partial charge is 0.376 e. The van der Waals surface area contributed by atoms with Crippen molar-refractivity contribution >= 4 is 39.1 Å². The molecule has 0 aliphatic carbocycles. The van der Waals surface area contributed by atoms with Gasteiger partial charge in [-0.2, -0.15) is 0 Å². The predicted octanol–water partition coefficient (Wildman–Crippen LogP) is 1.75. The number of fused-ring (bicyclic) bond motifs is 2. The molecule has 0 radical (unpaired) electrons. The molecule has 4 N–H and O–H groups in total. The molecule has 0 saturated heterocycles. The van der Waals surface area contributed by atoms with E-state index in [9.17, 15) is 14.4 Å². The highest BCUT2D eigenvalue weighted by Gasteiger charge is 2.21. The van der Waals surface area contributed by atoms with E-state index in [1.807, 2.05) is 12.1 Å². The first-order valence-electron chi connectivity index (χ1n) is 8.84. The number of aromatic nitrogens is 4. The van der Waals surface area contributed by atoms with E-state index in [2.05, 4.69) is 30.6 Å². The predicted molar refractivity (Wildman–Crippen MR) is 110 cm³/mol. The van der Waals surface area contributed by atoms with Crippen molar-refractivity contribution in [3.63, 3.8) is 0 Å². The van der Waals surface area contributed by atoms with Crippen molar-refractivity contribution in [2.24, 2.45) is 0 Å². The van der Waals surface area contributed by atoms with Gasteiger partial charge in [0.25, 0.3) is 16.4 Å². The van der Waals surface area contributed by atoms with E-state index in [0.717, 1.165) is 16.6 Å². The molecule has 142 valence electrons. The Labute approximate surface area is 162 Å². The quantitative estimate of drug-likeness (QED) is 0.338. The number of anilines is 3. The molecule has 0 saturated carbocycles. The van der Waals surface area contributed by atoms with Gasteiger partial charge in [-0.3, -0.25) is 14.4 Å². The molecule has 0 atom stereocenters. The van der Waals surface area contributed by atoms with Gasteiger partial charge < -0.3 is 20.6 Å². The van der Waals surface area contributed by atoms with Crippen LogP contribution in [0.4, 0.5) is 17.1 Å². The molecule has 0 aliphatic heterocycles. The van der Waals surface area contributed by atoms with Gasteiger partial charge in [0.1, 0.15) is 11.4 Å². The van der Waals surface area contributed by atoms with E-state index in [1.54, 1.807) is 30.6 Å². The fourth-order valence-corrected chi connectivity index (χ4v) is 3.22. The number of nitrogens with one attached hydrogen (secondary N) is 4. The summed E-state index contributed by atoms with van der Waals surface area (Å²) in [6.07, 6.45) is 2.81. The van der Waals surface area contributed by atoms with Crippen LogP contribution in [0.2, 0.25) is 0 Å². The standard InChI is InChI=1S/C20H14N6O3/c27-16-8-21-13-3-1-10(5-15(13)26-16)7-22-17-18(20(29)19(17)28)25-11-2-4-12-14(6-11)24-9-23-12/h1-6,8-9,22,25H,7H2,(H,23,24)(H,26,27). The second-order valence-electron chi connectivity index (χ2n) is 6.62. The van der Waals surface area contributed by atoms with E-state index in [0.29, 0.717) is 23.3 Å². The lowest BCUT2D eigenvalue weighted by atomic mass is 10.1. The molecular formula is C20H14N6O3. The first-order chi connectivity index (χ1) is 14.1. The molecule has 9 heteroatoms. The van der Waals surface area contributed by atoms with E-state index >= 15 is 0 Å². The molecule has 2 aromatic heterocycles. The Hall–Kier alpha value is -4.27. The Morgan fingerprint density at radius 2 is 1.72 bits per heavy atom. The number of H-pyrrole nitrogens is 2. The maximum Gasteiger partial charge on any atom is 0.266 e. The Kier molecular flexibility index (Phi) is 3.73. The summed E-state index contributed by atoms with van der Waals surface area (Å²) in [4.78, 5) is 49.4. The third-order valence-corrected chi connectivity index (χ3v) is 4.71. The summed E-state index contributed by atoms with van der Waals surface area (Å²) in [7, 11) is 0. The molecule has 0 fully saturated rings. The minimum absolute atomic E-state index is 0.223. The molecule has 0 spiro atoms. The van der Waals surface area contributed by atoms with Crippen LogP contribution in [0.5, 0.6) is 0 Å². The molecule has 0 amide bonds. The Morgan fingerprint density at radius 1 is 0.862 bits per heavy atom. The highest BCUT2D eigenvalue weighted by molar-refractivity contribution is 5.84. The van der Waals surface area contributed by atoms with Crippen molar-refractivity contribution in [2.45, 2.75) is 6.54 Å². The molecule has 0 aliphatic rings. The highest BCUT2D eigenvalue weighted by Crippen LogP contribution is 2.23. The topological polar surface area (TPSA) is 133 Å². The van der Waals surface area contributed by atoms with Gasteiger partial charge in [-0.15, -0.1) is 0 Å². The number of benzene rings is 2. The van der Waals surface area contributed by atoms with Crippen molar-refractivity contribution in [3.8, 4) is 0 Å². The lowest BCUT2D eigenvalue weighted by Crippen LogP contribution is -2.36. The Balaban J connectivity index is 1.38. The fraction of sp³-hybridized carbons (Fsp3) is 0.0500. The van der Waals surface area contributed by atoms with Crippen LogP contribution in [-0.2, 0) is 6.54 Å². The van der Waals surface area contributed by atoms with Crippen molar-refractivity contribution < 1.29 is 0 Å². The minimum atomic E-state index is -0.568. The van der Waals surface area contributed by atoms with E-state index in [1.165, 1.54) is 6.20 Å². The zero-order valence-corrected chi connectivity index (χ0v) is 14.9. The van der Waals surface area contributed by atoms with Gasteiger partial charge in [-0.05, 0) is 35.9 Å². The van der Waals surface area contributed by atoms with Gasteiger partial charge in [0.15, 0.2) is 0 Å². The van der Waals surface area contributed by atoms with Crippen molar-refractivity contribution in [1.82, 2.24) is 19.9 Å². The summed E-state index contributed by atoms with van der Waals surface area (Å²) in [6.45, 7) is 0.310. The number of imidazole rings is 1. The number of nitrogens with zero attached hydrogens (tertiary/aromatic N) is 2. The molecule has 0 bridgehead atoms. The number of hydrogen-bond donors (Lipinski definition) is 4. The van der Waals surface area contributed by atoms with Crippen LogP contribution in [0.3, 0.4) is 0 Å². The van der Waals surface area contributed by atoms with Crippen molar-refractivity contribution in [2.75, 3.05) is 10.6 Å². The maximum absolute atomic E-state index is 12.0. The zero-order chi connectivity index (χ0) is 20.0. The van der Waals surface area contributed by atoms with Gasteiger partial charge in [0.05, 0.1) is 34.6 Å². The van der Waals surface area contributed by atoms with E-state index < -0.39 is 10.9 Å². The molecule has 2 heterocycles. The Bertz CT molecular complexity index is 1510. The smallest absolute Gasteiger partial charge is 0.266 e. The number of rotatable bonds is 5. The summed E-state index contributed by atoms with van der Waals surface area (Å²) < 4.78 is 0. The normalized spacial score (nSPS) is 11.3. The van der Waals surface area contributed by atoms with Crippen LogP contribution in [-0.4, -0.2) is 19.9 Å². The van der Waals surface area contributed by atoms with Crippen LogP contribution in [0.15, 0.2) is 63.3 Å². The SMILES string of the molecule is O=c1cnc2ccc(CNc3c(Nc4ccc5[nH]cnc5c4)c(=O)c3=O)cc2[nH]1. The molecule has 0 unspecified atom stereocenters. The van der Waals surface area contributed by atoms with Gasteiger partial charge >= 0.3 is 0 Å². The zero-order valence-electron chi connectivity index (χ0n) is 14.9. The van der Waals surface area contributed by atoms with Gasteiger partial charge in [-0.1, -0.05) is 6.07 Å². The number of aromatic amines is 2. The summed E-state index contributed by atoms with van der Waals surface area (Å²) in [5, 5.41) is 6.01. The van der Waals surface area contributed by atoms with Crippen molar-refractivity contribution in [3.05, 3.63) is 85.3 Å². The number of hydrogen-bond acceptors (Lipinski definition) is 7. The van der Waals surface area contributed by atoms with E-state index in [-0.39, 0.29) is 16.9 Å². The molecule has 29 heavy (non-hydrogen) atoms. The third kappa shape index (κ3) is 2.94.